The fourth-order valence-electron chi connectivity index (χ4n) is 0.708. The van der Waals surface area contributed by atoms with Crippen molar-refractivity contribution in [2.75, 3.05) is 19.0 Å². The van der Waals surface area contributed by atoms with Crippen molar-refractivity contribution in [3.8, 4) is 0 Å². The second kappa shape index (κ2) is 4.08. The number of carbonyl (C=O) groups is 1. The molecular formula is C5H9N5O3S2. The number of nitrogens with two attached hydrogens (primary N) is 1. The van der Waals surface area contributed by atoms with Crippen LogP contribution in [0.15, 0.2) is 4.34 Å². The van der Waals surface area contributed by atoms with Crippen LogP contribution < -0.4 is 15.4 Å². The Morgan fingerprint density at radius 2 is 2.13 bits per heavy atom. The summed E-state index contributed by atoms with van der Waals surface area (Å²) in [5.74, 6) is 0. The summed E-state index contributed by atoms with van der Waals surface area (Å²) in [5, 5.41) is 14.2. The number of aromatic nitrogens is 2. The molecule has 15 heavy (non-hydrogen) atoms. The number of anilines is 1. The molecule has 0 aromatic carbocycles. The molecule has 10 heteroatoms. The van der Waals surface area contributed by atoms with Gasteiger partial charge in [0.2, 0.25) is 9.47 Å². The lowest BCUT2D eigenvalue weighted by molar-refractivity contribution is 0.249. The first-order chi connectivity index (χ1) is 6.86. The van der Waals surface area contributed by atoms with E-state index in [4.69, 9.17) is 5.14 Å². The Balaban J connectivity index is 3.00. The molecule has 0 radical (unpaired) electrons. The van der Waals surface area contributed by atoms with E-state index in [-0.39, 0.29) is 9.47 Å². The van der Waals surface area contributed by atoms with E-state index in [0.717, 1.165) is 16.2 Å². The van der Waals surface area contributed by atoms with Crippen molar-refractivity contribution >= 4 is 32.5 Å². The fourth-order valence-corrected chi connectivity index (χ4v) is 2.09. The zero-order chi connectivity index (χ0) is 11.6. The molecule has 0 saturated heterocycles. The number of rotatable bonds is 2. The van der Waals surface area contributed by atoms with E-state index in [2.05, 4.69) is 15.5 Å². The van der Waals surface area contributed by atoms with Gasteiger partial charge in [0.1, 0.15) is 0 Å². The molecule has 0 fully saturated rings. The number of carbonyl (C=O) groups excluding carboxylic acids is 1. The largest absolute Gasteiger partial charge is 0.341 e. The topological polar surface area (TPSA) is 118 Å². The second-order valence-corrected chi connectivity index (χ2v) is 5.20. The van der Waals surface area contributed by atoms with E-state index >= 15 is 0 Å². The number of amides is 2. The van der Waals surface area contributed by atoms with E-state index in [1.54, 1.807) is 0 Å². The Kier molecular flexibility index (Phi) is 3.21. The Hall–Kier alpha value is -1.26. The van der Waals surface area contributed by atoms with Gasteiger partial charge in [-0.1, -0.05) is 11.3 Å². The molecule has 8 nitrogen and oxygen atoms in total. The monoisotopic (exact) mass is 251 g/mol. The molecule has 0 unspecified atom stereocenters. The van der Waals surface area contributed by atoms with Gasteiger partial charge in [0.15, 0.2) is 0 Å². The number of hydrogen-bond donors (Lipinski definition) is 2. The fraction of sp³-hybridized carbons (Fsp3) is 0.400. The highest BCUT2D eigenvalue weighted by molar-refractivity contribution is 7.91. The highest BCUT2D eigenvalue weighted by atomic mass is 32.2. The lowest BCUT2D eigenvalue weighted by Gasteiger charge is -2.10. The second-order valence-electron chi connectivity index (χ2n) is 2.51. The van der Waals surface area contributed by atoms with Gasteiger partial charge in [-0.25, -0.2) is 18.4 Å². The van der Waals surface area contributed by atoms with Crippen LogP contribution in [0.25, 0.3) is 0 Å². The quantitative estimate of drug-likeness (QED) is 0.651. The van der Waals surface area contributed by atoms with Crippen molar-refractivity contribution in [2.24, 2.45) is 5.14 Å². The van der Waals surface area contributed by atoms with E-state index < -0.39 is 16.1 Å². The zero-order valence-electron chi connectivity index (χ0n) is 7.96. The first kappa shape index (κ1) is 11.8. The van der Waals surface area contributed by atoms with E-state index in [1.807, 2.05) is 0 Å². The van der Waals surface area contributed by atoms with Gasteiger partial charge in [-0.15, -0.1) is 10.2 Å². The zero-order valence-corrected chi connectivity index (χ0v) is 9.59. The van der Waals surface area contributed by atoms with Crippen molar-refractivity contribution in [2.45, 2.75) is 4.34 Å². The number of urea groups is 1. The minimum absolute atomic E-state index is 0.151. The normalized spacial score (nSPS) is 11.1. The average molecular weight is 251 g/mol. The minimum Gasteiger partial charge on any atom is -0.341 e. The van der Waals surface area contributed by atoms with E-state index in [9.17, 15) is 13.2 Å². The maximum absolute atomic E-state index is 11.1. The number of sulfonamides is 1. The summed E-state index contributed by atoms with van der Waals surface area (Å²) in [5.41, 5.74) is 0. The van der Waals surface area contributed by atoms with Gasteiger partial charge in [0, 0.05) is 14.1 Å². The first-order valence-corrected chi connectivity index (χ1v) is 6.04. The van der Waals surface area contributed by atoms with Crippen LogP contribution in [-0.4, -0.2) is 38.7 Å². The number of nitrogens with one attached hydrogen (secondary N) is 1. The van der Waals surface area contributed by atoms with Gasteiger partial charge >= 0.3 is 6.03 Å². The SMILES string of the molecule is CNC(=O)N(C)c1nnc(S(N)(=O)=O)s1. The smallest absolute Gasteiger partial charge is 0.323 e. The predicted octanol–water partition coefficient (Wildman–Crippen LogP) is -1.04. The van der Waals surface area contributed by atoms with Crippen LogP contribution >= 0.6 is 11.3 Å². The summed E-state index contributed by atoms with van der Waals surface area (Å²) < 4.78 is 21.4. The Bertz CT molecular complexity index is 467. The van der Waals surface area contributed by atoms with Crippen LogP contribution in [0.1, 0.15) is 0 Å². The van der Waals surface area contributed by atoms with Gasteiger partial charge in [-0.05, 0) is 0 Å². The van der Waals surface area contributed by atoms with Crippen LogP contribution in [-0.2, 0) is 10.0 Å². The predicted molar refractivity (Wildman–Crippen MR) is 54.1 cm³/mol. The summed E-state index contributed by atoms with van der Waals surface area (Å²) in [4.78, 5) is 12.3. The van der Waals surface area contributed by atoms with Crippen molar-refractivity contribution in [3.63, 3.8) is 0 Å². The molecular weight excluding hydrogens is 242 g/mol. The Morgan fingerprint density at radius 1 is 1.53 bits per heavy atom. The molecule has 2 amide bonds. The maximum Gasteiger partial charge on any atom is 0.323 e. The highest BCUT2D eigenvalue weighted by Crippen LogP contribution is 2.21. The molecule has 1 aromatic heterocycles. The van der Waals surface area contributed by atoms with Crippen LogP contribution in [0, 0.1) is 0 Å². The van der Waals surface area contributed by atoms with Crippen molar-refractivity contribution in [1.29, 1.82) is 0 Å². The van der Waals surface area contributed by atoms with Crippen LogP contribution in [0.5, 0.6) is 0 Å². The summed E-state index contributed by atoms with van der Waals surface area (Å²) in [7, 11) is -0.980. The van der Waals surface area contributed by atoms with E-state index in [0.29, 0.717) is 0 Å². The van der Waals surface area contributed by atoms with Crippen LogP contribution in [0.4, 0.5) is 9.93 Å². The molecule has 0 bridgehead atoms. The first-order valence-electron chi connectivity index (χ1n) is 3.68. The molecule has 1 rings (SSSR count). The molecule has 0 aliphatic heterocycles. The maximum atomic E-state index is 11.1. The van der Waals surface area contributed by atoms with Crippen molar-refractivity contribution in [1.82, 2.24) is 15.5 Å². The number of hydrogen-bond acceptors (Lipinski definition) is 6. The van der Waals surface area contributed by atoms with Crippen LogP contribution in [0.3, 0.4) is 0 Å². The van der Waals surface area contributed by atoms with Crippen LogP contribution in [0.2, 0.25) is 0 Å². The third-order valence-electron chi connectivity index (χ3n) is 1.44. The standard InChI is InChI=1S/C5H9N5O3S2/c1-7-3(11)10(2)4-8-9-5(14-4)15(6,12)13/h1-2H3,(H,7,11)(H2,6,12,13). The van der Waals surface area contributed by atoms with Gasteiger partial charge in [-0.3, -0.25) is 4.90 Å². The lowest BCUT2D eigenvalue weighted by Crippen LogP contribution is -2.34. The average Bonchev–Trinajstić information content (AvgIpc) is 2.63. The summed E-state index contributed by atoms with van der Waals surface area (Å²) in [6.07, 6.45) is 0. The third-order valence-corrected chi connectivity index (χ3v) is 3.75. The lowest BCUT2D eigenvalue weighted by atomic mass is 10.8. The molecule has 0 spiro atoms. The van der Waals surface area contributed by atoms with Gasteiger partial charge in [0.05, 0.1) is 0 Å². The summed E-state index contributed by atoms with van der Waals surface area (Å²) in [6, 6.07) is -0.424. The summed E-state index contributed by atoms with van der Waals surface area (Å²) >= 11 is 0.722. The Labute approximate surface area is 90.1 Å². The third kappa shape index (κ3) is 2.61. The molecule has 0 aliphatic rings. The number of nitrogens with zero attached hydrogens (tertiary/aromatic N) is 3. The highest BCUT2D eigenvalue weighted by Gasteiger charge is 2.19. The Morgan fingerprint density at radius 3 is 2.53 bits per heavy atom. The number of primary sulfonamides is 1. The molecule has 84 valence electrons. The molecule has 1 aromatic rings. The van der Waals surface area contributed by atoms with E-state index in [1.165, 1.54) is 14.1 Å². The molecule has 0 saturated carbocycles. The summed E-state index contributed by atoms with van der Waals surface area (Å²) in [6.45, 7) is 0. The molecule has 1 heterocycles. The molecule has 0 atom stereocenters. The molecule has 3 N–H and O–H groups in total. The van der Waals surface area contributed by atoms with Crippen molar-refractivity contribution < 1.29 is 13.2 Å². The van der Waals surface area contributed by atoms with Crippen molar-refractivity contribution in [3.05, 3.63) is 0 Å². The van der Waals surface area contributed by atoms with Gasteiger partial charge < -0.3 is 5.32 Å². The minimum atomic E-state index is -3.86. The van der Waals surface area contributed by atoms with Gasteiger partial charge in [0.25, 0.3) is 10.0 Å². The molecule has 0 aliphatic carbocycles. The van der Waals surface area contributed by atoms with Gasteiger partial charge in [-0.2, -0.15) is 0 Å².